The molecule has 2 aromatic rings. The molecule has 26 heavy (non-hydrogen) atoms. The topological polar surface area (TPSA) is 92.2 Å². The second-order valence-corrected chi connectivity index (χ2v) is 6.13. The molecule has 1 heterocycles. The summed E-state index contributed by atoms with van der Waals surface area (Å²) < 4.78 is 10.6. The number of aromatic nitrogens is 1. The summed E-state index contributed by atoms with van der Waals surface area (Å²) in [6.45, 7) is 3.83. The lowest BCUT2D eigenvalue weighted by Crippen LogP contribution is -2.18. The van der Waals surface area contributed by atoms with E-state index in [4.69, 9.17) is 26.3 Å². The zero-order valence-electron chi connectivity index (χ0n) is 14.6. The van der Waals surface area contributed by atoms with Gasteiger partial charge in [0.1, 0.15) is 30.6 Å². The lowest BCUT2D eigenvalue weighted by atomic mass is 9.99. The van der Waals surface area contributed by atoms with Crippen LogP contribution in [0.3, 0.4) is 0 Å². The van der Waals surface area contributed by atoms with Crippen molar-refractivity contribution < 1.29 is 14.3 Å². The first kappa shape index (κ1) is 19.5. The van der Waals surface area contributed by atoms with Gasteiger partial charge in [0.05, 0.1) is 0 Å². The summed E-state index contributed by atoms with van der Waals surface area (Å²) >= 11 is 5.79. The van der Waals surface area contributed by atoms with Crippen LogP contribution in [-0.4, -0.2) is 24.2 Å². The van der Waals surface area contributed by atoms with Gasteiger partial charge >= 0.3 is 5.97 Å². The molecule has 0 atom stereocenters. The Balaban J connectivity index is 1.81. The van der Waals surface area contributed by atoms with Crippen LogP contribution in [-0.2, 0) is 16.0 Å². The molecule has 0 unspecified atom stereocenters. The predicted octanol–water partition coefficient (Wildman–Crippen LogP) is 3.07. The Kier molecular flexibility index (Phi) is 6.81. The van der Waals surface area contributed by atoms with Crippen LogP contribution in [0.5, 0.6) is 5.75 Å². The van der Waals surface area contributed by atoms with Crippen molar-refractivity contribution in [2.45, 2.75) is 26.7 Å². The van der Waals surface area contributed by atoms with Crippen LogP contribution in [0.15, 0.2) is 29.1 Å². The van der Waals surface area contributed by atoms with Crippen molar-refractivity contribution in [1.29, 1.82) is 5.26 Å². The molecular formula is C19H19ClN2O4. The fourth-order valence-electron chi connectivity index (χ4n) is 2.57. The molecule has 1 N–H and O–H groups in total. The first-order valence-electron chi connectivity index (χ1n) is 8.08. The first-order chi connectivity index (χ1) is 12.4. The number of hydrogen-bond donors (Lipinski definition) is 1. The third-order valence-corrected chi connectivity index (χ3v) is 4.18. The van der Waals surface area contributed by atoms with Crippen LogP contribution < -0.4 is 10.3 Å². The van der Waals surface area contributed by atoms with E-state index in [0.29, 0.717) is 28.5 Å². The van der Waals surface area contributed by atoms with Crippen molar-refractivity contribution in [1.82, 2.24) is 4.98 Å². The number of benzene rings is 1. The second-order valence-electron chi connectivity index (χ2n) is 5.69. The largest absolute Gasteiger partial charge is 0.490 e. The van der Waals surface area contributed by atoms with Crippen molar-refractivity contribution >= 4 is 17.6 Å². The summed E-state index contributed by atoms with van der Waals surface area (Å²) in [5.41, 5.74) is 1.72. The highest BCUT2D eigenvalue weighted by atomic mass is 35.5. The molecule has 0 bridgehead atoms. The lowest BCUT2D eigenvalue weighted by molar-refractivity contribution is -0.144. The molecule has 7 heteroatoms. The summed E-state index contributed by atoms with van der Waals surface area (Å²) in [5, 5.41) is 9.68. The van der Waals surface area contributed by atoms with Crippen LogP contribution >= 0.6 is 11.6 Å². The molecule has 0 saturated carbocycles. The fraction of sp³-hybridized carbons (Fsp3) is 0.316. The Bertz CT molecular complexity index is 882. The number of nitriles is 1. The number of carbonyl (C=O) groups is 1. The van der Waals surface area contributed by atoms with Crippen molar-refractivity contribution in [2.75, 3.05) is 13.2 Å². The van der Waals surface area contributed by atoms with Crippen LogP contribution in [0.25, 0.3) is 0 Å². The highest BCUT2D eigenvalue weighted by Gasteiger charge is 2.13. The van der Waals surface area contributed by atoms with Gasteiger partial charge in [0.2, 0.25) is 0 Å². The molecule has 0 radical (unpaired) electrons. The number of rotatable bonds is 7. The van der Waals surface area contributed by atoms with E-state index in [2.05, 4.69) is 4.98 Å². The Morgan fingerprint density at radius 3 is 2.58 bits per heavy atom. The molecule has 0 aliphatic rings. The normalized spacial score (nSPS) is 10.2. The van der Waals surface area contributed by atoms with Gasteiger partial charge in [-0.15, -0.1) is 0 Å². The van der Waals surface area contributed by atoms with E-state index in [1.165, 1.54) is 0 Å². The van der Waals surface area contributed by atoms with E-state index in [1.54, 1.807) is 38.1 Å². The number of nitrogens with one attached hydrogen (secondary N) is 1. The lowest BCUT2D eigenvalue weighted by Gasteiger charge is -2.11. The molecule has 0 saturated heterocycles. The summed E-state index contributed by atoms with van der Waals surface area (Å²) in [6, 6.07) is 8.80. The summed E-state index contributed by atoms with van der Waals surface area (Å²) in [7, 11) is 0. The van der Waals surface area contributed by atoms with Gasteiger partial charge in [-0.2, -0.15) is 5.26 Å². The predicted molar refractivity (Wildman–Crippen MR) is 97.5 cm³/mol. The summed E-state index contributed by atoms with van der Waals surface area (Å²) in [6.07, 6.45) is 0.541. The number of hydrogen-bond acceptors (Lipinski definition) is 5. The third-order valence-electron chi connectivity index (χ3n) is 3.93. The molecule has 6 nitrogen and oxygen atoms in total. The molecule has 1 aromatic heterocycles. The van der Waals surface area contributed by atoms with Gasteiger partial charge in [0, 0.05) is 17.1 Å². The van der Waals surface area contributed by atoms with Gasteiger partial charge in [-0.05, 0) is 55.7 Å². The number of halogens is 1. The van der Waals surface area contributed by atoms with E-state index >= 15 is 0 Å². The fourth-order valence-corrected chi connectivity index (χ4v) is 2.69. The number of aryl methyl sites for hydroxylation is 1. The smallest absolute Gasteiger partial charge is 0.306 e. The zero-order valence-corrected chi connectivity index (χ0v) is 15.4. The third kappa shape index (κ3) is 5.11. The molecule has 0 fully saturated rings. The minimum Gasteiger partial charge on any atom is -0.490 e. The van der Waals surface area contributed by atoms with Gasteiger partial charge in [-0.25, -0.2) is 0 Å². The van der Waals surface area contributed by atoms with Crippen molar-refractivity contribution in [2.24, 2.45) is 0 Å². The second kappa shape index (κ2) is 9.07. The van der Waals surface area contributed by atoms with Crippen LogP contribution in [0, 0.1) is 25.2 Å². The molecule has 0 spiro atoms. The minimum absolute atomic E-state index is 0.0790. The Morgan fingerprint density at radius 1 is 1.23 bits per heavy atom. The molecule has 136 valence electrons. The van der Waals surface area contributed by atoms with Crippen molar-refractivity contribution in [3.8, 4) is 11.8 Å². The number of nitrogens with zero attached hydrogens (tertiary/aromatic N) is 1. The van der Waals surface area contributed by atoms with E-state index in [9.17, 15) is 9.59 Å². The van der Waals surface area contributed by atoms with E-state index < -0.39 is 5.56 Å². The molecule has 2 rings (SSSR count). The first-order valence-corrected chi connectivity index (χ1v) is 8.46. The SMILES string of the molecule is Cc1[nH]c(=O)c(C#N)c(C)c1CCC(=O)OCCOc1ccc(Cl)cc1. The van der Waals surface area contributed by atoms with Crippen LogP contribution in [0.1, 0.15) is 28.8 Å². The molecule has 0 amide bonds. The number of carbonyl (C=O) groups excluding carboxylic acids is 1. The van der Waals surface area contributed by atoms with Gasteiger partial charge in [-0.3, -0.25) is 9.59 Å². The van der Waals surface area contributed by atoms with Crippen LogP contribution in [0.2, 0.25) is 5.02 Å². The highest BCUT2D eigenvalue weighted by Crippen LogP contribution is 2.16. The molecule has 0 aliphatic heterocycles. The maximum atomic E-state index is 11.9. The monoisotopic (exact) mass is 374 g/mol. The highest BCUT2D eigenvalue weighted by molar-refractivity contribution is 6.30. The number of H-pyrrole nitrogens is 1. The van der Waals surface area contributed by atoms with Gasteiger partial charge in [0.15, 0.2) is 0 Å². The number of ether oxygens (including phenoxy) is 2. The summed E-state index contributed by atoms with van der Waals surface area (Å²) in [4.78, 5) is 26.2. The molecule has 0 aliphatic carbocycles. The molecular weight excluding hydrogens is 356 g/mol. The quantitative estimate of drug-likeness (QED) is 0.594. The van der Waals surface area contributed by atoms with Gasteiger partial charge in [0.25, 0.3) is 5.56 Å². The number of esters is 1. The average molecular weight is 375 g/mol. The van der Waals surface area contributed by atoms with E-state index in [0.717, 1.165) is 5.56 Å². The van der Waals surface area contributed by atoms with Crippen LogP contribution in [0.4, 0.5) is 0 Å². The van der Waals surface area contributed by atoms with E-state index in [-0.39, 0.29) is 31.2 Å². The maximum Gasteiger partial charge on any atom is 0.306 e. The maximum absolute atomic E-state index is 11.9. The van der Waals surface area contributed by atoms with Gasteiger partial charge in [-0.1, -0.05) is 11.6 Å². The van der Waals surface area contributed by atoms with Crippen molar-refractivity contribution in [3.63, 3.8) is 0 Å². The Morgan fingerprint density at radius 2 is 1.92 bits per heavy atom. The number of aromatic amines is 1. The van der Waals surface area contributed by atoms with E-state index in [1.807, 2.05) is 6.07 Å². The standard InChI is InChI=1S/C19H19ClN2O4/c1-12-16(13(2)22-19(24)17(12)11-21)7-8-18(23)26-10-9-25-15-5-3-14(20)4-6-15/h3-6H,7-10H2,1-2H3,(H,22,24). The zero-order chi connectivity index (χ0) is 19.1. The minimum atomic E-state index is -0.409. The summed E-state index contributed by atoms with van der Waals surface area (Å²) in [5.74, 6) is 0.280. The van der Waals surface area contributed by atoms with Crippen molar-refractivity contribution in [3.05, 3.63) is 62.0 Å². The molecule has 1 aromatic carbocycles. The average Bonchev–Trinajstić information content (AvgIpc) is 2.60. The number of pyridine rings is 1. The Hall–Kier alpha value is -2.78. The van der Waals surface area contributed by atoms with Gasteiger partial charge < -0.3 is 14.5 Å². The Labute approximate surface area is 156 Å².